The average Bonchev–Trinajstić information content (AvgIpc) is 3.16. The molecule has 1 saturated carbocycles. The molecule has 0 aromatic heterocycles. The molecule has 34 heavy (non-hydrogen) atoms. The highest BCUT2D eigenvalue weighted by Gasteiger charge is 2.56. The third-order valence-electron chi connectivity index (χ3n) is 7.60. The Kier molecular flexibility index (Phi) is 6.54. The maximum absolute atomic E-state index is 13.3. The van der Waals surface area contributed by atoms with Crippen LogP contribution in [0.15, 0.2) is 29.2 Å². The van der Waals surface area contributed by atoms with Gasteiger partial charge < -0.3 is 15.5 Å². The Labute approximate surface area is 203 Å². The number of amides is 2. The number of rotatable bonds is 9. The molecular weight excluding hydrogens is 456 g/mol. The van der Waals surface area contributed by atoms with E-state index in [0.717, 1.165) is 41.8 Å². The summed E-state index contributed by atoms with van der Waals surface area (Å²) < 4.78 is 4.92. The van der Waals surface area contributed by atoms with E-state index in [1.165, 1.54) is 0 Å². The Bertz CT molecular complexity index is 987. The van der Waals surface area contributed by atoms with Crippen LogP contribution < -0.4 is 11.2 Å². The second-order valence-electron chi connectivity index (χ2n) is 9.58. The number of hydroxylamine groups is 1. The Morgan fingerprint density at radius 2 is 2.09 bits per heavy atom. The van der Waals surface area contributed by atoms with Gasteiger partial charge in [-0.1, -0.05) is 12.1 Å². The summed E-state index contributed by atoms with van der Waals surface area (Å²) in [6.07, 6.45) is 2.49. The fourth-order valence-corrected chi connectivity index (χ4v) is 6.29. The number of nitrogens with one attached hydrogen (secondary N) is 1. The molecule has 1 unspecified atom stereocenters. The van der Waals surface area contributed by atoms with Crippen molar-refractivity contribution in [2.75, 3.05) is 20.1 Å². The van der Waals surface area contributed by atoms with E-state index < -0.39 is 6.04 Å². The number of hydrogen-bond acceptors (Lipinski definition) is 9. The van der Waals surface area contributed by atoms with Gasteiger partial charge in [0.2, 0.25) is 11.8 Å². The van der Waals surface area contributed by atoms with E-state index in [0.29, 0.717) is 19.0 Å². The summed E-state index contributed by atoms with van der Waals surface area (Å²) >= 11 is 1.10. The van der Waals surface area contributed by atoms with Crippen LogP contribution >= 0.6 is 12.0 Å². The van der Waals surface area contributed by atoms with Crippen LogP contribution in [0.2, 0.25) is 0 Å². The molecule has 7 atom stereocenters. The zero-order valence-electron chi connectivity index (χ0n) is 19.3. The molecule has 10 nitrogen and oxygen atoms in total. The lowest BCUT2D eigenvalue weighted by molar-refractivity contribution is -0.237. The Morgan fingerprint density at radius 3 is 2.76 bits per heavy atom. The molecule has 1 aliphatic carbocycles. The third-order valence-corrected chi connectivity index (χ3v) is 8.20. The summed E-state index contributed by atoms with van der Waals surface area (Å²) in [5, 5.41) is 9.39. The van der Waals surface area contributed by atoms with Crippen molar-refractivity contribution in [2.45, 2.75) is 67.3 Å². The van der Waals surface area contributed by atoms with E-state index in [4.69, 9.17) is 10.1 Å². The Morgan fingerprint density at radius 1 is 1.32 bits per heavy atom. The fraction of sp³-hybridized carbons (Fsp3) is 0.609. The van der Waals surface area contributed by atoms with Gasteiger partial charge in [0.25, 0.3) is 0 Å². The van der Waals surface area contributed by atoms with Crippen molar-refractivity contribution >= 4 is 23.9 Å². The van der Waals surface area contributed by atoms with E-state index in [-0.39, 0.29) is 42.0 Å². The van der Waals surface area contributed by atoms with Crippen LogP contribution in [-0.4, -0.2) is 76.9 Å². The molecule has 1 aromatic carbocycles. The number of carbonyl (C=O) groups excluding carboxylic acids is 2. The highest BCUT2D eigenvalue weighted by molar-refractivity contribution is 7.94. The summed E-state index contributed by atoms with van der Waals surface area (Å²) in [5.74, 6) is 0.395. The van der Waals surface area contributed by atoms with Crippen molar-refractivity contribution in [2.24, 2.45) is 11.7 Å². The third kappa shape index (κ3) is 4.19. The first kappa shape index (κ1) is 23.5. The van der Waals surface area contributed by atoms with E-state index in [2.05, 4.69) is 21.4 Å². The van der Waals surface area contributed by atoms with Crippen molar-refractivity contribution < 1.29 is 18.9 Å². The number of carbonyl (C=O) groups is 2. The van der Waals surface area contributed by atoms with Gasteiger partial charge in [-0.15, -0.1) is 9.32 Å². The molecule has 1 aromatic rings. The predicted molar refractivity (Wildman–Crippen MR) is 123 cm³/mol. The standard InChI is InChI=1S/C23H30N6O4S/c1-13(14-3-5-18(6-4-14)34-33-32-26-2)28-17-9-21(23(28)31)27(11-17)12-19(25)22(30)29-16(10-24)7-15-8-20(15)29/h3-6,13,15-17,19-21,26H,7-9,11-12,25H2,1-2H3/t13-,15+,16-,17-,19-,20?,21-/m0/s1. The van der Waals surface area contributed by atoms with Crippen LogP contribution in [0.3, 0.4) is 0 Å². The minimum Gasteiger partial charge on any atom is -0.330 e. The number of hydrogen-bond donors (Lipinski definition) is 2. The molecule has 3 saturated heterocycles. The quantitative estimate of drug-likeness (QED) is 0.227. The van der Waals surface area contributed by atoms with Gasteiger partial charge in [-0.3, -0.25) is 14.5 Å². The number of fused-ring (bicyclic) bond motifs is 3. The van der Waals surface area contributed by atoms with Crippen molar-refractivity contribution in [1.82, 2.24) is 20.2 Å². The highest BCUT2D eigenvalue weighted by atomic mass is 32.2. The van der Waals surface area contributed by atoms with Crippen LogP contribution in [0, 0.1) is 17.2 Å². The Balaban J connectivity index is 1.18. The normalized spacial score (nSPS) is 31.5. The average molecular weight is 487 g/mol. The summed E-state index contributed by atoms with van der Waals surface area (Å²) in [6, 6.07) is 9.01. The lowest BCUT2D eigenvalue weighted by atomic mass is 10.1. The van der Waals surface area contributed by atoms with Gasteiger partial charge in [0, 0.05) is 37.1 Å². The second-order valence-corrected chi connectivity index (χ2v) is 10.4. The molecule has 3 aliphatic heterocycles. The SMILES string of the molecule is CNOOSc1ccc([C@H](C)N2C(=O)[C@@H]3C[C@H]2CN3C[C@H](N)C(=O)N2C3C[C@H]3C[C@H]2C#N)cc1. The van der Waals surface area contributed by atoms with Gasteiger partial charge in [-0.05, 0) is 49.8 Å². The Hall–Kier alpha value is -2.20. The van der Waals surface area contributed by atoms with Gasteiger partial charge in [-0.25, -0.2) is 0 Å². The number of benzene rings is 1. The van der Waals surface area contributed by atoms with E-state index >= 15 is 0 Å². The lowest BCUT2D eigenvalue weighted by Crippen LogP contribution is -2.57. The summed E-state index contributed by atoms with van der Waals surface area (Å²) in [4.78, 5) is 37.5. The number of piperidine rings is 1. The molecule has 3 heterocycles. The van der Waals surface area contributed by atoms with E-state index in [9.17, 15) is 14.9 Å². The zero-order valence-corrected chi connectivity index (χ0v) is 20.1. The van der Waals surface area contributed by atoms with Crippen LogP contribution in [0.25, 0.3) is 0 Å². The number of nitriles is 1. The molecule has 2 bridgehead atoms. The fourth-order valence-electron chi connectivity index (χ4n) is 5.86. The molecule has 11 heteroatoms. The highest BCUT2D eigenvalue weighted by Crippen LogP contribution is 2.48. The minimum atomic E-state index is -0.715. The number of nitrogens with zero attached hydrogens (tertiary/aromatic N) is 4. The van der Waals surface area contributed by atoms with Gasteiger partial charge >= 0.3 is 0 Å². The number of piperazine rings is 1. The maximum atomic E-state index is 13.3. The molecule has 182 valence electrons. The first-order valence-electron chi connectivity index (χ1n) is 11.7. The van der Waals surface area contributed by atoms with Crippen molar-refractivity contribution in [1.29, 1.82) is 5.26 Å². The van der Waals surface area contributed by atoms with E-state index in [1.54, 1.807) is 11.9 Å². The molecule has 0 spiro atoms. The van der Waals surface area contributed by atoms with Crippen molar-refractivity contribution in [3.8, 4) is 6.07 Å². The van der Waals surface area contributed by atoms with Gasteiger partial charge in [0.15, 0.2) is 0 Å². The van der Waals surface area contributed by atoms with Crippen LogP contribution in [-0.2, 0) is 18.9 Å². The van der Waals surface area contributed by atoms with E-state index in [1.807, 2.05) is 36.1 Å². The van der Waals surface area contributed by atoms with Crippen LogP contribution in [0.5, 0.6) is 0 Å². The molecule has 4 aliphatic rings. The van der Waals surface area contributed by atoms with Crippen molar-refractivity contribution in [3.05, 3.63) is 29.8 Å². The smallest absolute Gasteiger partial charge is 0.242 e. The summed E-state index contributed by atoms with van der Waals surface area (Å²) in [7, 11) is 1.61. The molecule has 5 rings (SSSR count). The second kappa shape index (κ2) is 9.45. The summed E-state index contributed by atoms with van der Waals surface area (Å²) in [5.41, 5.74) is 9.79. The lowest BCUT2D eigenvalue weighted by Gasteiger charge is -2.38. The summed E-state index contributed by atoms with van der Waals surface area (Å²) in [6.45, 7) is 3.10. The van der Waals surface area contributed by atoms with Gasteiger partial charge in [-0.2, -0.15) is 10.7 Å². The van der Waals surface area contributed by atoms with Gasteiger partial charge in [0.05, 0.1) is 36.2 Å². The zero-order chi connectivity index (χ0) is 24.0. The van der Waals surface area contributed by atoms with Crippen LogP contribution in [0.4, 0.5) is 0 Å². The molecular formula is C23H30N6O4S. The number of likely N-dealkylation sites (tertiary alicyclic amines) is 3. The molecule has 0 radical (unpaired) electrons. The van der Waals surface area contributed by atoms with Gasteiger partial charge in [0.1, 0.15) is 6.04 Å². The van der Waals surface area contributed by atoms with Crippen molar-refractivity contribution in [3.63, 3.8) is 0 Å². The minimum absolute atomic E-state index is 0.0544. The van der Waals surface area contributed by atoms with Crippen LogP contribution in [0.1, 0.15) is 37.8 Å². The molecule has 3 N–H and O–H groups in total. The first-order valence-corrected chi connectivity index (χ1v) is 12.5. The monoisotopic (exact) mass is 486 g/mol. The number of nitrogens with two attached hydrogens (primary N) is 1. The predicted octanol–water partition coefficient (Wildman–Crippen LogP) is 0.963. The largest absolute Gasteiger partial charge is 0.330 e. The first-order chi connectivity index (χ1) is 16.4. The topological polar surface area (TPSA) is 124 Å². The molecule has 2 amide bonds. The molecule has 4 fully saturated rings. The maximum Gasteiger partial charge on any atom is 0.242 e.